The second kappa shape index (κ2) is 8.34. The van der Waals surface area contributed by atoms with Gasteiger partial charge in [0.25, 0.3) is 0 Å². The van der Waals surface area contributed by atoms with Gasteiger partial charge in [-0.2, -0.15) is 0 Å². The van der Waals surface area contributed by atoms with Crippen molar-refractivity contribution in [3.05, 3.63) is 0 Å². The molecule has 0 spiro atoms. The summed E-state index contributed by atoms with van der Waals surface area (Å²) in [5.41, 5.74) is 0. The third-order valence-corrected chi connectivity index (χ3v) is 2.64. The average molecular weight is 274 g/mol. The van der Waals surface area contributed by atoms with Gasteiger partial charge >= 0.3 is 18.0 Å². The van der Waals surface area contributed by atoms with E-state index in [1.807, 2.05) is 13.8 Å². The molecular weight excluding hydrogens is 252 g/mol. The van der Waals surface area contributed by atoms with Crippen molar-refractivity contribution in [1.82, 2.24) is 9.80 Å². The number of hydrogen-bond donors (Lipinski definition) is 1. The molecule has 0 bridgehead atoms. The molecule has 7 nitrogen and oxygen atoms in total. The molecule has 0 atom stereocenters. The van der Waals surface area contributed by atoms with E-state index in [9.17, 15) is 14.4 Å². The largest absolute Gasteiger partial charge is 0.481 e. The maximum atomic E-state index is 12.1. The minimum Gasteiger partial charge on any atom is -0.481 e. The lowest BCUT2D eigenvalue weighted by Gasteiger charge is -2.30. The van der Waals surface area contributed by atoms with Crippen LogP contribution in [0.25, 0.3) is 0 Å². The Morgan fingerprint density at radius 1 is 1.16 bits per heavy atom. The Kier molecular flexibility index (Phi) is 7.55. The van der Waals surface area contributed by atoms with Crippen LogP contribution < -0.4 is 0 Å². The number of esters is 1. The molecular formula is C12H22N2O5. The first kappa shape index (κ1) is 17.2. The molecule has 0 aliphatic rings. The fourth-order valence-electron chi connectivity index (χ4n) is 1.47. The van der Waals surface area contributed by atoms with Crippen molar-refractivity contribution < 1.29 is 24.2 Å². The summed E-state index contributed by atoms with van der Waals surface area (Å²) in [5, 5.41) is 8.66. The van der Waals surface area contributed by atoms with Crippen LogP contribution >= 0.6 is 0 Å². The molecule has 7 heteroatoms. The second-order valence-corrected chi connectivity index (χ2v) is 4.46. The Morgan fingerprint density at radius 2 is 1.74 bits per heavy atom. The molecule has 1 N–H and O–H groups in total. The first-order valence-corrected chi connectivity index (χ1v) is 6.10. The predicted molar refractivity (Wildman–Crippen MR) is 68.8 cm³/mol. The van der Waals surface area contributed by atoms with E-state index < -0.39 is 5.97 Å². The highest BCUT2D eigenvalue weighted by atomic mass is 16.5. The molecule has 0 unspecified atom stereocenters. The van der Waals surface area contributed by atoms with Crippen LogP contribution in [0.3, 0.4) is 0 Å². The fraction of sp³-hybridized carbons (Fsp3) is 0.750. The van der Waals surface area contributed by atoms with E-state index in [-0.39, 0.29) is 44.0 Å². The van der Waals surface area contributed by atoms with Gasteiger partial charge in [-0.1, -0.05) is 0 Å². The number of carbonyl (C=O) groups excluding carboxylic acids is 2. The predicted octanol–water partition coefficient (Wildman–Crippen LogP) is 0.786. The smallest absolute Gasteiger partial charge is 0.319 e. The SMILES string of the molecule is COC(=O)CCN(C)C(=O)N(CCC(=O)O)C(C)C. The van der Waals surface area contributed by atoms with Gasteiger partial charge in [0.05, 0.1) is 20.0 Å². The summed E-state index contributed by atoms with van der Waals surface area (Å²) in [6.07, 6.45) is 0.0123. The van der Waals surface area contributed by atoms with Crippen molar-refractivity contribution in [1.29, 1.82) is 0 Å². The average Bonchev–Trinajstić information content (AvgIpc) is 2.34. The molecule has 0 rings (SSSR count). The van der Waals surface area contributed by atoms with Crippen molar-refractivity contribution in [3.63, 3.8) is 0 Å². The molecule has 0 aromatic carbocycles. The van der Waals surface area contributed by atoms with Crippen LogP contribution in [0.4, 0.5) is 4.79 Å². The number of carboxylic acid groups (broad SMARTS) is 1. The van der Waals surface area contributed by atoms with Gasteiger partial charge in [0.1, 0.15) is 0 Å². The highest BCUT2D eigenvalue weighted by Gasteiger charge is 2.21. The Labute approximate surface area is 113 Å². The van der Waals surface area contributed by atoms with Gasteiger partial charge < -0.3 is 19.6 Å². The van der Waals surface area contributed by atoms with Crippen molar-refractivity contribution in [3.8, 4) is 0 Å². The number of rotatable bonds is 7. The normalized spacial score (nSPS) is 10.2. The van der Waals surface area contributed by atoms with E-state index in [4.69, 9.17) is 5.11 Å². The summed E-state index contributed by atoms with van der Waals surface area (Å²) in [6.45, 7) is 4.01. The van der Waals surface area contributed by atoms with Crippen molar-refractivity contribution in [2.45, 2.75) is 32.7 Å². The summed E-state index contributed by atoms with van der Waals surface area (Å²) in [7, 11) is 2.86. The highest BCUT2D eigenvalue weighted by molar-refractivity contribution is 5.76. The minimum absolute atomic E-state index is 0.102. The van der Waals surface area contributed by atoms with Crippen molar-refractivity contribution in [2.24, 2.45) is 0 Å². The van der Waals surface area contributed by atoms with Gasteiger partial charge in [-0.25, -0.2) is 4.79 Å². The van der Waals surface area contributed by atoms with Crippen LogP contribution in [0.5, 0.6) is 0 Å². The van der Waals surface area contributed by atoms with E-state index in [1.165, 1.54) is 16.9 Å². The third kappa shape index (κ3) is 6.64. The monoisotopic (exact) mass is 274 g/mol. The van der Waals surface area contributed by atoms with E-state index in [0.717, 1.165) is 0 Å². The van der Waals surface area contributed by atoms with E-state index >= 15 is 0 Å². The van der Waals surface area contributed by atoms with Gasteiger partial charge in [-0.3, -0.25) is 9.59 Å². The molecule has 110 valence electrons. The van der Waals surface area contributed by atoms with Gasteiger partial charge in [0.15, 0.2) is 0 Å². The molecule has 0 aliphatic heterocycles. The molecule has 0 saturated heterocycles. The molecule has 2 amide bonds. The van der Waals surface area contributed by atoms with Crippen LogP contribution in [-0.2, 0) is 14.3 Å². The standard InChI is InChI=1S/C12H22N2O5/c1-9(2)14(8-5-10(15)16)12(18)13(3)7-6-11(17)19-4/h9H,5-8H2,1-4H3,(H,15,16). The molecule has 0 aromatic heterocycles. The Hall–Kier alpha value is -1.79. The van der Waals surface area contributed by atoms with Gasteiger partial charge in [-0.15, -0.1) is 0 Å². The second-order valence-electron chi connectivity index (χ2n) is 4.46. The molecule has 0 saturated carbocycles. The van der Waals surface area contributed by atoms with Crippen LogP contribution in [0.1, 0.15) is 26.7 Å². The molecule has 0 fully saturated rings. The van der Waals surface area contributed by atoms with E-state index in [2.05, 4.69) is 4.74 Å². The minimum atomic E-state index is -0.948. The summed E-state index contributed by atoms with van der Waals surface area (Å²) in [4.78, 5) is 36.5. The molecule has 0 heterocycles. The molecule has 0 aromatic rings. The maximum absolute atomic E-state index is 12.1. The summed E-state index contributed by atoms with van der Waals surface area (Å²) < 4.78 is 4.50. The van der Waals surface area contributed by atoms with Crippen molar-refractivity contribution in [2.75, 3.05) is 27.2 Å². The zero-order valence-electron chi connectivity index (χ0n) is 11.9. The van der Waals surface area contributed by atoms with E-state index in [1.54, 1.807) is 7.05 Å². The van der Waals surface area contributed by atoms with E-state index in [0.29, 0.717) is 0 Å². The number of methoxy groups -OCH3 is 1. The number of hydrogen-bond acceptors (Lipinski definition) is 4. The number of amides is 2. The maximum Gasteiger partial charge on any atom is 0.319 e. The number of aliphatic carboxylic acids is 1. The third-order valence-electron chi connectivity index (χ3n) is 2.64. The molecule has 0 aliphatic carbocycles. The molecule has 0 radical (unpaired) electrons. The van der Waals surface area contributed by atoms with Gasteiger partial charge in [-0.05, 0) is 13.8 Å². The Balaban J connectivity index is 4.44. The first-order valence-electron chi connectivity index (χ1n) is 6.10. The van der Waals surface area contributed by atoms with Crippen LogP contribution in [0.15, 0.2) is 0 Å². The lowest BCUT2D eigenvalue weighted by atomic mass is 10.3. The highest BCUT2D eigenvalue weighted by Crippen LogP contribution is 2.05. The Bertz CT molecular complexity index is 330. The zero-order valence-corrected chi connectivity index (χ0v) is 11.9. The summed E-state index contributed by atoms with van der Waals surface area (Å²) in [6, 6.07) is -0.396. The van der Waals surface area contributed by atoms with Crippen molar-refractivity contribution >= 4 is 18.0 Å². The lowest BCUT2D eigenvalue weighted by Crippen LogP contribution is -2.46. The number of ether oxygens (including phenoxy) is 1. The quantitative estimate of drug-likeness (QED) is 0.693. The topological polar surface area (TPSA) is 87.2 Å². The number of carboxylic acids is 1. The van der Waals surface area contributed by atoms with Gasteiger partial charge in [0.2, 0.25) is 0 Å². The zero-order chi connectivity index (χ0) is 15.0. The summed E-state index contributed by atoms with van der Waals surface area (Å²) >= 11 is 0. The number of urea groups is 1. The Morgan fingerprint density at radius 3 is 2.16 bits per heavy atom. The molecule has 19 heavy (non-hydrogen) atoms. The van der Waals surface area contributed by atoms with Crippen LogP contribution in [0, 0.1) is 0 Å². The van der Waals surface area contributed by atoms with Gasteiger partial charge in [0, 0.05) is 26.2 Å². The fourth-order valence-corrected chi connectivity index (χ4v) is 1.47. The van der Waals surface area contributed by atoms with Crippen LogP contribution in [0.2, 0.25) is 0 Å². The number of carbonyl (C=O) groups is 3. The summed E-state index contributed by atoms with van der Waals surface area (Å²) in [5.74, 6) is -1.34. The first-order chi connectivity index (χ1) is 8.79. The van der Waals surface area contributed by atoms with Crippen LogP contribution in [-0.4, -0.2) is 66.2 Å². The lowest BCUT2D eigenvalue weighted by molar-refractivity contribution is -0.140. The number of nitrogens with zero attached hydrogens (tertiary/aromatic N) is 2.